The summed E-state index contributed by atoms with van der Waals surface area (Å²) in [6.07, 6.45) is 0. The summed E-state index contributed by atoms with van der Waals surface area (Å²) >= 11 is 5.79. The molecule has 122 valence electrons. The van der Waals surface area contributed by atoms with Crippen LogP contribution in [0.3, 0.4) is 0 Å². The predicted octanol–water partition coefficient (Wildman–Crippen LogP) is 2.01. The van der Waals surface area contributed by atoms with Crippen LogP contribution in [0.2, 0.25) is 5.02 Å². The molecule has 0 heterocycles. The number of carbonyl (C=O) groups is 1. The maximum atomic E-state index is 13.4. The molecule has 0 spiro atoms. The summed E-state index contributed by atoms with van der Waals surface area (Å²) in [6.45, 7) is 1.21. The average Bonchev–Trinajstić information content (AvgIpc) is 2.51. The fourth-order valence-electron chi connectivity index (χ4n) is 2.00. The molecule has 0 aliphatic carbocycles. The molecule has 1 unspecified atom stereocenters. The molecule has 0 saturated carbocycles. The molecule has 0 aliphatic rings. The van der Waals surface area contributed by atoms with Crippen LogP contribution >= 0.6 is 11.6 Å². The number of benzene rings is 2. The number of rotatable bonds is 7. The van der Waals surface area contributed by atoms with Gasteiger partial charge in [-0.1, -0.05) is 23.7 Å². The minimum Gasteiger partial charge on any atom is -0.485 e. The van der Waals surface area contributed by atoms with Crippen LogP contribution in [0.1, 0.15) is 0 Å². The number of quaternary nitrogens is 1. The number of nitrogens with one attached hydrogen (secondary N) is 2. The first-order chi connectivity index (χ1) is 11.0. The molecule has 0 saturated heterocycles. The van der Waals surface area contributed by atoms with Crippen LogP contribution in [0.25, 0.3) is 0 Å². The van der Waals surface area contributed by atoms with Crippen LogP contribution in [0.4, 0.5) is 10.1 Å². The molecule has 23 heavy (non-hydrogen) atoms. The normalized spacial score (nSPS) is 11.8. The number of carbonyl (C=O) groups excluding carboxylic acids is 1. The Hall–Kier alpha value is -2.11. The Kier molecular flexibility index (Phi) is 6.38. The molecule has 0 bridgehead atoms. The molecule has 0 aliphatic heterocycles. The summed E-state index contributed by atoms with van der Waals surface area (Å²) in [5.41, 5.74) is 0.704. The molecule has 1 atom stereocenters. The van der Waals surface area contributed by atoms with Gasteiger partial charge in [-0.3, -0.25) is 4.79 Å². The van der Waals surface area contributed by atoms with Gasteiger partial charge in [-0.15, -0.1) is 0 Å². The van der Waals surface area contributed by atoms with Crippen molar-refractivity contribution in [2.75, 3.05) is 32.1 Å². The van der Waals surface area contributed by atoms with Crippen molar-refractivity contribution in [2.24, 2.45) is 0 Å². The monoisotopic (exact) mass is 337 g/mol. The van der Waals surface area contributed by atoms with Gasteiger partial charge in [-0.25, -0.2) is 4.39 Å². The summed E-state index contributed by atoms with van der Waals surface area (Å²) in [6, 6.07) is 13.2. The highest BCUT2D eigenvalue weighted by Gasteiger charge is 2.11. The van der Waals surface area contributed by atoms with Crippen LogP contribution in [0.15, 0.2) is 48.5 Å². The molecule has 0 aromatic heterocycles. The third-order valence-corrected chi connectivity index (χ3v) is 3.47. The maximum absolute atomic E-state index is 13.4. The van der Waals surface area contributed by atoms with Crippen LogP contribution in [0.5, 0.6) is 5.75 Å². The van der Waals surface area contributed by atoms with E-state index in [9.17, 15) is 9.18 Å². The molecular weight excluding hydrogens is 319 g/mol. The van der Waals surface area contributed by atoms with E-state index in [1.165, 1.54) is 6.07 Å². The standard InChI is InChI=1S/C17H18ClFN2O2/c1-21(10-11-23-16-5-3-2-4-15(16)19)12-17(22)20-14-8-6-13(18)7-9-14/h2-9H,10-12H2,1H3,(H,20,22)/p+1. The average molecular weight is 338 g/mol. The quantitative estimate of drug-likeness (QED) is 0.811. The molecular formula is C17H19ClFN2O2+. The first-order valence-electron chi connectivity index (χ1n) is 7.28. The van der Waals surface area contributed by atoms with Gasteiger partial charge in [0.05, 0.1) is 7.05 Å². The van der Waals surface area contributed by atoms with Crippen molar-refractivity contribution >= 4 is 23.2 Å². The van der Waals surface area contributed by atoms with Crippen molar-refractivity contribution in [1.29, 1.82) is 0 Å². The number of hydrogen-bond donors (Lipinski definition) is 2. The van der Waals surface area contributed by atoms with Crippen LogP contribution in [-0.4, -0.2) is 32.7 Å². The summed E-state index contributed by atoms with van der Waals surface area (Å²) < 4.78 is 18.8. The van der Waals surface area contributed by atoms with Gasteiger partial charge < -0.3 is 15.0 Å². The molecule has 4 nitrogen and oxygen atoms in total. The number of hydrogen-bond acceptors (Lipinski definition) is 2. The highest BCUT2D eigenvalue weighted by molar-refractivity contribution is 6.30. The molecule has 2 aromatic carbocycles. The second-order valence-electron chi connectivity index (χ2n) is 5.22. The first-order valence-corrected chi connectivity index (χ1v) is 7.66. The van der Waals surface area contributed by atoms with Gasteiger partial charge in [0, 0.05) is 10.7 Å². The smallest absolute Gasteiger partial charge is 0.279 e. The van der Waals surface area contributed by atoms with Crippen molar-refractivity contribution in [3.8, 4) is 5.75 Å². The molecule has 0 radical (unpaired) electrons. The Labute approximate surface area is 139 Å². The number of likely N-dealkylation sites (N-methyl/N-ethyl adjacent to an activating group) is 1. The van der Waals surface area contributed by atoms with Crippen molar-refractivity contribution in [3.05, 3.63) is 59.4 Å². The number of halogens is 2. The lowest BCUT2D eigenvalue weighted by atomic mass is 10.3. The van der Waals surface area contributed by atoms with Crippen molar-refractivity contribution in [2.45, 2.75) is 0 Å². The minimum atomic E-state index is -0.384. The van der Waals surface area contributed by atoms with Gasteiger partial charge in [0.15, 0.2) is 18.1 Å². The summed E-state index contributed by atoms with van der Waals surface area (Å²) in [5.74, 6) is -0.257. The van der Waals surface area contributed by atoms with Crippen LogP contribution in [0, 0.1) is 5.82 Å². The van der Waals surface area contributed by atoms with E-state index in [1.54, 1.807) is 42.5 Å². The zero-order valence-corrected chi connectivity index (χ0v) is 13.6. The molecule has 1 amide bonds. The SMILES string of the molecule is C[NH+](CCOc1ccccc1F)CC(=O)Nc1ccc(Cl)cc1. The van der Waals surface area contributed by atoms with E-state index in [1.807, 2.05) is 7.05 Å². The Morgan fingerprint density at radius 2 is 1.91 bits per heavy atom. The highest BCUT2D eigenvalue weighted by Crippen LogP contribution is 2.14. The number of para-hydroxylation sites is 1. The largest absolute Gasteiger partial charge is 0.485 e. The molecule has 6 heteroatoms. The van der Waals surface area contributed by atoms with Crippen LogP contribution < -0.4 is 15.0 Å². The Morgan fingerprint density at radius 1 is 1.22 bits per heavy atom. The van der Waals surface area contributed by atoms with Crippen molar-refractivity contribution < 1.29 is 18.8 Å². The summed E-state index contributed by atoms with van der Waals surface area (Å²) in [4.78, 5) is 12.9. The minimum absolute atomic E-state index is 0.101. The van der Waals surface area contributed by atoms with Gasteiger partial charge in [-0.05, 0) is 36.4 Å². The number of anilines is 1. The summed E-state index contributed by atoms with van der Waals surface area (Å²) in [7, 11) is 1.88. The predicted molar refractivity (Wildman–Crippen MR) is 88.6 cm³/mol. The fraction of sp³-hybridized carbons (Fsp3) is 0.235. The van der Waals surface area contributed by atoms with Crippen molar-refractivity contribution in [3.63, 3.8) is 0 Å². The molecule has 2 N–H and O–H groups in total. The van der Waals surface area contributed by atoms with E-state index in [0.717, 1.165) is 4.90 Å². The second kappa shape index (κ2) is 8.50. The van der Waals surface area contributed by atoms with Gasteiger partial charge in [0.1, 0.15) is 13.2 Å². The third kappa shape index (κ3) is 5.88. The zero-order chi connectivity index (χ0) is 16.7. The first kappa shape index (κ1) is 17.2. The van der Waals surface area contributed by atoms with E-state index in [0.29, 0.717) is 30.4 Å². The van der Waals surface area contributed by atoms with E-state index in [4.69, 9.17) is 16.3 Å². The van der Waals surface area contributed by atoms with Crippen molar-refractivity contribution in [1.82, 2.24) is 0 Å². The lowest BCUT2D eigenvalue weighted by Crippen LogP contribution is -3.10. The van der Waals surface area contributed by atoms with Crippen LogP contribution in [-0.2, 0) is 4.79 Å². The Bertz CT molecular complexity index is 649. The van der Waals surface area contributed by atoms with Gasteiger partial charge in [-0.2, -0.15) is 0 Å². The van der Waals surface area contributed by atoms with Gasteiger partial charge >= 0.3 is 0 Å². The van der Waals surface area contributed by atoms with E-state index in [2.05, 4.69) is 5.32 Å². The van der Waals surface area contributed by atoms with E-state index < -0.39 is 0 Å². The fourth-order valence-corrected chi connectivity index (χ4v) is 2.12. The topological polar surface area (TPSA) is 42.8 Å². The molecule has 2 rings (SSSR count). The molecule has 2 aromatic rings. The molecule has 0 fully saturated rings. The third-order valence-electron chi connectivity index (χ3n) is 3.21. The number of ether oxygens (including phenoxy) is 1. The lowest BCUT2D eigenvalue weighted by Gasteiger charge is -2.14. The van der Waals surface area contributed by atoms with E-state index in [-0.39, 0.29) is 17.5 Å². The maximum Gasteiger partial charge on any atom is 0.279 e. The Morgan fingerprint density at radius 3 is 2.61 bits per heavy atom. The highest BCUT2D eigenvalue weighted by atomic mass is 35.5. The second-order valence-corrected chi connectivity index (χ2v) is 5.65. The van der Waals surface area contributed by atoms with Gasteiger partial charge in [0.2, 0.25) is 0 Å². The van der Waals surface area contributed by atoms with E-state index >= 15 is 0 Å². The summed E-state index contributed by atoms with van der Waals surface area (Å²) in [5, 5.41) is 3.42. The van der Waals surface area contributed by atoms with Gasteiger partial charge in [0.25, 0.3) is 5.91 Å². The lowest BCUT2D eigenvalue weighted by molar-refractivity contribution is -0.871. The number of amides is 1. The zero-order valence-electron chi connectivity index (χ0n) is 12.8. The Balaban J connectivity index is 1.71.